The van der Waals surface area contributed by atoms with E-state index < -0.39 is 0 Å². The van der Waals surface area contributed by atoms with Crippen LogP contribution in [0, 0.1) is 0 Å². The van der Waals surface area contributed by atoms with Gasteiger partial charge in [0.05, 0.1) is 23.3 Å². The molecule has 1 aliphatic heterocycles. The number of para-hydroxylation sites is 3. The van der Waals surface area contributed by atoms with Crippen LogP contribution in [-0.4, -0.2) is 16.2 Å². The number of allylic oxidation sites excluding steroid dienone is 8. The van der Waals surface area contributed by atoms with E-state index in [-0.39, 0.29) is 0 Å². The van der Waals surface area contributed by atoms with Crippen LogP contribution in [0.4, 0.5) is 11.4 Å². The number of hydrogen-bond acceptors (Lipinski definition) is 2. The van der Waals surface area contributed by atoms with Crippen molar-refractivity contribution >= 4 is 50.4 Å². The van der Waals surface area contributed by atoms with Gasteiger partial charge in [-0.25, -0.2) is 4.99 Å². The van der Waals surface area contributed by atoms with Crippen molar-refractivity contribution in [1.82, 2.24) is 4.57 Å². The van der Waals surface area contributed by atoms with Crippen molar-refractivity contribution in [2.45, 2.75) is 20.4 Å². The van der Waals surface area contributed by atoms with Gasteiger partial charge in [-0.2, -0.15) is 0 Å². The minimum atomic E-state index is 0.406. The average molecular weight is 880 g/mol. The predicted molar refractivity (Wildman–Crippen MR) is 291 cm³/mol. The SMILES string of the molecule is C/C=C\C=C/C.C=C1/C=C\C=C/N(c2ccc(-c3cc(C(N=C(N)c4ccccc4)=NCc4ccccc4)cc(-c4ccc(-n5c6ccccc6c6ccccc65)cc4)c3)cc2)c2ccccc21. The second-order valence-corrected chi connectivity index (χ2v) is 16.4. The molecule has 0 unspecified atom stereocenters. The summed E-state index contributed by atoms with van der Waals surface area (Å²) in [7, 11) is 0. The largest absolute Gasteiger partial charge is 0.383 e. The maximum atomic E-state index is 6.74. The molecule has 330 valence electrons. The van der Waals surface area contributed by atoms with Gasteiger partial charge in [-0.3, -0.25) is 4.99 Å². The average Bonchev–Trinajstić information content (AvgIpc) is 3.73. The number of fused-ring (bicyclic) bond motifs is 4. The molecule has 2 heterocycles. The quantitative estimate of drug-likeness (QED) is 0.0892. The molecule has 8 aromatic carbocycles. The first-order valence-corrected chi connectivity index (χ1v) is 23.0. The Balaban J connectivity index is 0.000000905. The minimum absolute atomic E-state index is 0.406. The smallest absolute Gasteiger partial charge is 0.157 e. The second kappa shape index (κ2) is 21.0. The minimum Gasteiger partial charge on any atom is -0.383 e. The molecule has 1 aliphatic rings. The molecule has 0 saturated heterocycles. The molecule has 0 atom stereocenters. The van der Waals surface area contributed by atoms with E-state index in [0.29, 0.717) is 18.2 Å². The summed E-state index contributed by atoms with van der Waals surface area (Å²) < 4.78 is 2.35. The molecular weight excluding hydrogens is 827 g/mol. The van der Waals surface area contributed by atoms with E-state index >= 15 is 0 Å². The maximum absolute atomic E-state index is 6.74. The Kier molecular flexibility index (Phi) is 13.7. The number of aromatic nitrogens is 1. The van der Waals surface area contributed by atoms with Crippen molar-refractivity contribution in [3.8, 4) is 27.9 Å². The monoisotopic (exact) mass is 879 g/mol. The van der Waals surface area contributed by atoms with E-state index in [1.807, 2.05) is 98.8 Å². The van der Waals surface area contributed by atoms with Crippen molar-refractivity contribution in [2.75, 3.05) is 4.90 Å². The zero-order valence-corrected chi connectivity index (χ0v) is 38.5. The van der Waals surface area contributed by atoms with Crippen LogP contribution < -0.4 is 10.6 Å². The maximum Gasteiger partial charge on any atom is 0.157 e. The van der Waals surface area contributed by atoms with E-state index in [9.17, 15) is 0 Å². The van der Waals surface area contributed by atoms with Crippen LogP contribution in [0.25, 0.3) is 55.3 Å². The summed E-state index contributed by atoms with van der Waals surface area (Å²) >= 11 is 0. The lowest BCUT2D eigenvalue weighted by atomic mass is 9.95. The molecule has 0 saturated carbocycles. The summed E-state index contributed by atoms with van der Waals surface area (Å²) in [5.41, 5.74) is 21.4. The van der Waals surface area contributed by atoms with Gasteiger partial charge < -0.3 is 15.2 Å². The van der Waals surface area contributed by atoms with E-state index in [1.165, 1.54) is 21.8 Å². The summed E-state index contributed by atoms with van der Waals surface area (Å²) in [4.78, 5) is 12.4. The highest BCUT2D eigenvalue weighted by Gasteiger charge is 2.17. The van der Waals surface area contributed by atoms with Gasteiger partial charge in [-0.15, -0.1) is 0 Å². The highest BCUT2D eigenvalue weighted by Crippen LogP contribution is 2.37. The lowest BCUT2D eigenvalue weighted by molar-refractivity contribution is 1.06. The first kappa shape index (κ1) is 44.4. The van der Waals surface area contributed by atoms with Gasteiger partial charge in [-0.1, -0.05) is 183 Å². The molecule has 0 amide bonds. The van der Waals surface area contributed by atoms with Crippen LogP contribution in [0.5, 0.6) is 0 Å². The summed E-state index contributed by atoms with van der Waals surface area (Å²) in [6, 6.07) is 69.9. The van der Waals surface area contributed by atoms with E-state index in [0.717, 1.165) is 67.1 Å². The number of rotatable bonds is 9. The number of anilines is 2. The highest BCUT2D eigenvalue weighted by molar-refractivity contribution is 6.12. The first-order valence-electron chi connectivity index (χ1n) is 23.0. The third-order valence-electron chi connectivity index (χ3n) is 11.9. The normalized spacial score (nSPS) is 13.9. The van der Waals surface area contributed by atoms with Gasteiger partial charge in [0.15, 0.2) is 5.84 Å². The van der Waals surface area contributed by atoms with Crippen molar-refractivity contribution in [2.24, 2.45) is 15.7 Å². The fourth-order valence-corrected chi connectivity index (χ4v) is 8.52. The molecule has 1 aromatic heterocycles. The molecule has 2 N–H and O–H groups in total. The fourth-order valence-electron chi connectivity index (χ4n) is 8.52. The van der Waals surface area contributed by atoms with Crippen molar-refractivity contribution in [1.29, 1.82) is 0 Å². The molecule has 0 aliphatic carbocycles. The standard InChI is InChI=1S/C57H43N5.C6H10/c1-40-16-14-15-35-61(53-24-11-8-21-50(40)53)48-31-27-42(28-32-48)45-36-46(43-29-33-49(34-30-43)62-54-25-12-9-22-51(54)52-23-10-13-26-55(52)62)38-47(37-45)57(59-39-41-17-4-2-5-18-41)60-56(58)44-19-6-3-7-20-44;1-3-5-6-4-2/h2-38H,1,39H2,(H2,58,59,60);3-6H,1-2H3/b16-14-,35-15-;5-3-,6-4-. The summed E-state index contributed by atoms with van der Waals surface area (Å²) in [5.74, 6) is 0.968. The Morgan fingerprint density at radius 1 is 0.544 bits per heavy atom. The fraction of sp³-hybridized carbons (Fsp3) is 0.0476. The lowest BCUT2D eigenvalue weighted by Crippen LogP contribution is -2.16. The summed E-state index contributed by atoms with van der Waals surface area (Å²) in [6.07, 6.45) is 16.2. The van der Waals surface area contributed by atoms with Crippen molar-refractivity contribution < 1.29 is 0 Å². The van der Waals surface area contributed by atoms with E-state index in [2.05, 4.69) is 180 Å². The third kappa shape index (κ3) is 9.88. The van der Waals surface area contributed by atoms with Gasteiger partial charge in [-0.05, 0) is 114 Å². The molecule has 10 rings (SSSR count). The van der Waals surface area contributed by atoms with Crippen molar-refractivity contribution in [3.63, 3.8) is 0 Å². The summed E-state index contributed by atoms with van der Waals surface area (Å²) in [6.45, 7) is 8.78. The van der Waals surface area contributed by atoms with Crippen LogP contribution in [0.1, 0.15) is 36.1 Å². The van der Waals surface area contributed by atoms with Crippen LogP contribution in [0.15, 0.2) is 265 Å². The van der Waals surface area contributed by atoms with Gasteiger partial charge in [0.25, 0.3) is 0 Å². The van der Waals surface area contributed by atoms with E-state index in [1.54, 1.807) is 0 Å². The van der Waals surface area contributed by atoms with E-state index in [4.69, 9.17) is 15.7 Å². The molecule has 0 radical (unpaired) electrons. The van der Waals surface area contributed by atoms with Crippen LogP contribution in [0.2, 0.25) is 0 Å². The molecule has 9 aromatic rings. The Morgan fingerprint density at radius 2 is 1.09 bits per heavy atom. The number of hydrogen-bond donors (Lipinski definition) is 1. The van der Waals surface area contributed by atoms with Crippen molar-refractivity contribution in [3.05, 3.63) is 278 Å². The molecule has 0 bridgehead atoms. The van der Waals surface area contributed by atoms with Gasteiger partial charge in [0.2, 0.25) is 0 Å². The highest BCUT2D eigenvalue weighted by atomic mass is 15.1. The third-order valence-corrected chi connectivity index (χ3v) is 11.9. The van der Waals surface area contributed by atoms with Gasteiger partial charge >= 0.3 is 0 Å². The topological polar surface area (TPSA) is 58.9 Å². The van der Waals surface area contributed by atoms with Crippen LogP contribution >= 0.6 is 0 Å². The Morgan fingerprint density at radius 3 is 1.71 bits per heavy atom. The number of nitrogens with zero attached hydrogens (tertiary/aromatic N) is 4. The second-order valence-electron chi connectivity index (χ2n) is 16.4. The number of aliphatic imine (C=N–C) groups is 2. The molecule has 0 fully saturated rings. The zero-order valence-electron chi connectivity index (χ0n) is 38.5. The molecule has 5 heteroatoms. The molecule has 0 spiro atoms. The molecule has 68 heavy (non-hydrogen) atoms. The molecular formula is C63H53N5. The van der Waals surface area contributed by atoms with Crippen LogP contribution in [-0.2, 0) is 6.54 Å². The Bertz CT molecular complexity index is 3320. The Labute approximate surface area is 399 Å². The number of amidine groups is 2. The lowest BCUT2D eigenvalue weighted by Gasteiger charge is -2.25. The number of nitrogens with two attached hydrogens (primary N) is 1. The van der Waals surface area contributed by atoms with Gasteiger partial charge in [0, 0.05) is 45.0 Å². The zero-order chi connectivity index (χ0) is 46.7. The van der Waals surface area contributed by atoms with Crippen LogP contribution in [0.3, 0.4) is 0 Å². The predicted octanol–water partition coefficient (Wildman–Crippen LogP) is 15.8. The first-order chi connectivity index (χ1) is 33.5. The number of benzene rings is 8. The molecule has 5 nitrogen and oxygen atoms in total. The Hall–Kier alpha value is -8.80. The van der Waals surface area contributed by atoms with Gasteiger partial charge in [0.1, 0.15) is 5.84 Å². The summed E-state index contributed by atoms with van der Waals surface area (Å²) in [5, 5.41) is 2.48.